The number of sulfonamides is 1. The standard InChI is InChI=1S/C20H20N4O3S.ClH/c1-12-10-18(20-14-8-9-21-15(14)6-7-17(20)22-12)23-16-5-4-13(11-19(16)27-2)24-28(3,25)26;/h4-11,22-24H,1-3H3;1H. The second kappa shape index (κ2) is 7.81. The van der Waals surface area contributed by atoms with Gasteiger partial charge in [-0.15, -0.1) is 12.4 Å². The molecule has 0 atom stereocenters. The molecule has 0 spiro atoms. The van der Waals surface area contributed by atoms with Crippen molar-refractivity contribution >= 4 is 61.3 Å². The molecule has 0 aliphatic heterocycles. The van der Waals surface area contributed by atoms with Crippen LogP contribution in [0.25, 0.3) is 21.8 Å². The van der Waals surface area contributed by atoms with Crippen LogP contribution in [0.2, 0.25) is 0 Å². The number of rotatable bonds is 5. The Morgan fingerprint density at radius 2 is 1.86 bits per heavy atom. The number of nitrogens with zero attached hydrogens (tertiary/aromatic N) is 1. The largest absolute Gasteiger partial charge is 0.494 e. The highest BCUT2D eigenvalue weighted by Gasteiger charge is 2.12. The van der Waals surface area contributed by atoms with Crippen LogP contribution in [0.3, 0.4) is 0 Å². The molecule has 4 aromatic rings. The molecular weight excluding hydrogens is 412 g/mol. The SMILES string of the molecule is COc1cc(NS(C)(=O)=O)ccc1Nc1cc(C)[nH]c2ccc3nccc3c12.Cl. The third kappa shape index (κ3) is 4.23. The summed E-state index contributed by atoms with van der Waals surface area (Å²) in [6, 6.07) is 13.1. The molecule has 9 heteroatoms. The normalized spacial score (nSPS) is 11.3. The Kier molecular flexibility index (Phi) is 5.59. The van der Waals surface area contributed by atoms with Crippen LogP contribution in [-0.2, 0) is 10.0 Å². The first-order valence-electron chi connectivity index (χ1n) is 8.64. The average molecular weight is 433 g/mol. The maximum absolute atomic E-state index is 11.5. The van der Waals surface area contributed by atoms with Gasteiger partial charge in [-0.25, -0.2) is 8.42 Å². The molecule has 152 valence electrons. The van der Waals surface area contributed by atoms with Gasteiger partial charge in [0.1, 0.15) is 5.75 Å². The molecule has 4 rings (SSSR count). The quantitative estimate of drug-likeness (QED) is 0.429. The number of methoxy groups -OCH3 is 1. The monoisotopic (exact) mass is 432 g/mol. The second-order valence-electron chi connectivity index (χ2n) is 6.65. The lowest BCUT2D eigenvalue weighted by Gasteiger charge is -2.16. The molecule has 0 saturated heterocycles. The number of nitrogens with one attached hydrogen (secondary N) is 3. The van der Waals surface area contributed by atoms with Gasteiger partial charge in [0.2, 0.25) is 10.0 Å². The van der Waals surface area contributed by atoms with Crippen LogP contribution in [0, 0.1) is 6.92 Å². The molecule has 0 amide bonds. The lowest BCUT2D eigenvalue weighted by atomic mass is 10.1. The Bertz CT molecular complexity index is 1300. The van der Waals surface area contributed by atoms with Crippen LogP contribution in [0.4, 0.5) is 17.1 Å². The van der Waals surface area contributed by atoms with E-state index >= 15 is 0 Å². The van der Waals surface area contributed by atoms with Gasteiger partial charge in [-0.3, -0.25) is 9.71 Å². The van der Waals surface area contributed by atoms with E-state index in [4.69, 9.17) is 4.74 Å². The highest BCUT2D eigenvalue weighted by Crippen LogP contribution is 2.36. The van der Waals surface area contributed by atoms with Crippen LogP contribution >= 0.6 is 12.4 Å². The van der Waals surface area contributed by atoms with E-state index < -0.39 is 10.0 Å². The summed E-state index contributed by atoms with van der Waals surface area (Å²) in [5.41, 5.74) is 5.00. The number of aryl methyl sites for hydroxylation is 1. The molecular formula is C20H21ClN4O3S. The lowest BCUT2D eigenvalue weighted by Crippen LogP contribution is -2.09. The molecule has 0 fully saturated rings. The van der Waals surface area contributed by atoms with Gasteiger partial charge in [0.05, 0.1) is 35.9 Å². The first kappa shape index (κ1) is 20.8. The summed E-state index contributed by atoms with van der Waals surface area (Å²) in [6.07, 6.45) is 2.90. The first-order chi connectivity index (χ1) is 13.3. The van der Waals surface area contributed by atoms with Gasteiger partial charge in [0.25, 0.3) is 0 Å². The topological polar surface area (TPSA) is 96.1 Å². The highest BCUT2D eigenvalue weighted by atomic mass is 35.5. The summed E-state index contributed by atoms with van der Waals surface area (Å²) < 4.78 is 30.9. The van der Waals surface area contributed by atoms with Crippen LogP contribution in [0.5, 0.6) is 5.75 Å². The third-order valence-corrected chi connectivity index (χ3v) is 5.02. The number of pyridine rings is 1. The number of halogens is 1. The number of H-pyrrole nitrogens is 1. The Morgan fingerprint density at radius 1 is 1.07 bits per heavy atom. The summed E-state index contributed by atoms with van der Waals surface area (Å²) in [6.45, 7) is 1.99. The maximum atomic E-state index is 11.5. The fourth-order valence-electron chi connectivity index (χ4n) is 3.33. The predicted octanol–water partition coefficient (Wildman–Crippen LogP) is 4.57. The first-order valence-corrected chi connectivity index (χ1v) is 10.5. The summed E-state index contributed by atoms with van der Waals surface area (Å²) in [5.74, 6) is 0.528. The summed E-state index contributed by atoms with van der Waals surface area (Å²) in [4.78, 5) is 7.77. The number of fused-ring (bicyclic) bond motifs is 3. The van der Waals surface area contributed by atoms with Crippen molar-refractivity contribution < 1.29 is 13.2 Å². The molecule has 3 N–H and O–H groups in total. The molecule has 7 nitrogen and oxygen atoms in total. The smallest absolute Gasteiger partial charge is 0.229 e. The summed E-state index contributed by atoms with van der Waals surface area (Å²) in [5, 5.41) is 5.50. The van der Waals surface area contributed by atoms with Crippen molar-refractivity contribution in [1.82, 2.24) is 9.97 Å². The van der Waals surface area contributed by atoms with Gasteiger partial charge in [-0.1, -0.05) is 0 Å². The van der Waals surface area contributed by atoms with Crippen LogP contribution in [0.1, 0.15) is 5.69 Å². The minimum absolute atomic E-state index is 0. The zero-order valence-corrected chi connectivity index (χ0v) is 17.7. The van der Waals surface area contributed by atoms with E-state index in [0.717, 1.165) is 45.1 Å². The van der Waals surface area contributed by atoms with Crippen molar-refractivity contribution in [3.63, 3.8) is 0 Å². The van der Waals surface area contributed by atoms with E-state index in [9.17, 15) is 8.42 Å². The average Bonchev–Trinajstić information content (AvgIpc) is 3.10. The van der Waals surface area contributed by atoms with Gasteiger partial charge in [0.15, 0.2) is 0 Å². The van der Waals surface area contributed by atoms with Gasteiger partial charge in [-0.05, 0) is 43.3 Å². The number of anilines is 3. The number of ether oxygens (including phenoxy) is 1. The Morgan fingerprint density at radius 3 is 2.59 bits per heavy atom. The zero-order chi connectivity index (χ0) is 19.9. The van der Waals surface area contributed by atoms with E-state index in [1.165, 1.54) is 0 Å². The van der Waals surface area contributed by atoms with E-state index in [0.29, 0.717) is 11.4 Å². The fourth-order valence-corrected chi connectivity index (χ4v) is 3.88. The van der Waals surface area contributed by atoms with Crippen molar-refractivity contribution in [3.8, 4) is 5.75 Å². The minimum Gasteiger partial charge on any atom is -0.494 e. The van der Waals surface area contributed by atoms with Gasteiger partial charge in [-0.2, -0.15) is 0 Å². The Balaban J connectivity index is 0.00000240. The van der Waals surface area contributed by atoms with Gasteiger partial charge >= 0.3 is 0 Å². The van der Waals surface area contributed by atoms with E-state index in [-0.39, 0.29) is 12.4 Å². The van der Waals surface area contributed by atoms with Crippen LogP contribution in [0.15, 0.2) is 48.7 Å². The molecule has 0 aliphatic carbocycles. The molecule has 0 saturated carbocycles. The molecule has 2 aromatic carbocycles. The Labute approximate surface area is 175 Å². The number of hydrogen-bond acceptors (Lipinski definition) is 5. The number of benzene rings is 2. The molecule has 29 heavy (non-hydrogen) atoms. The van der Waals surface area contributed by atoms with Gasteiger partial charge in [0, 0.05) is 34.2 Å². The molecule has 0 radical (unpaired) electrons. The van der Waals surface area contributed by atoms with E-state index in [2.05, 4.69) is 20.0 Å². The van der Waals surface area contributed by atoms with Crippen molar-refractivity contribution in [2.75, 3.05) is 23.4 Å². The number of aromatic amines is 1. The van der Waals surface area contributed by atoms with Gasteiger partial charge < -0.3 is 15.0 Å². The summed E-state index contributed by atoms with van der Waals surface area (Å²) >= 11 is 0. The van der Waals surface area contributed by atoms with Crippen molar-refractivity contribution in [2.24, 2.45) is 0 Å². The second-order valence-corrected chi connectivity index (χ2v) is 8.39. The predicted molar refractivity (Wildman–Crippen MR) is 120 cm³/mol. The molecule has 0 unspecified atom stereocenters. The molecule has 2 heterocycles. The van der Waals surface area contributed by atoms with E-state index in [1.807, 2.05) is 31.2 Å². The van der Waals surface area contributed by atoms with Crippen molar-refractivity contribution in [2.45, 2.75) is 6.92 Å². The number of hydrogen-bond donors (Lipinski definition) is 3. The Hall–Kier alpha value is -2.97. The lowest BCUT2D eigenvalue weighted by molar-refractivity contribution is 0.417. The molecule has 0 aliphatic rings. The fraction of sp³-hybridized carbons (Fsp3) is 0.150. The van der Waals surface area contributed by atoms with Crippen LogP contribution in [-0.4, -0.2) is 31.8 Å². The summed E-state index contributed by atoms with van der Waals surface area (Å²) in [7, 11) is -1.82. The van der Waals surface area contributed by atoms with E-state index in [1.54, 1.807) is 31.5 Å². The number of aromatic nitrogens is 2. The van der Waals surface area contributed by atoms with Crippen molar-refractivity contribution in [1.29, 1.82) is 0 Å². The zero-order valence-electron chi connectivity index (χ0n) is 16.1. The maximum Gasteiger partial charge on any atom is 0.229 e. The molecule has 0 bridgehead atoms. The third-order valence-electron chi connectivity index (χ3n) is 4.41. The molecule has 2 aromatic heterocycles. The highest BCUT2D eigenvalue weighted by molar-refractivity contribution is 7.92. The minimum atomic E-state index is -3.36. The van der Waals surface area contributed by atoms with Crippen LogP contribution < -0.4 is 14.8 Å². The van der Waals surface area contributed by atoms with Crippen molar-refractivity contribution in [3.05, 3.63) is 54.4 Å².